The molecule has 0 saturated heterocycles. The number of benzene rings is 3. The number of unbranched alkanes of at least 4 members (excludes halogenated alkanes) is 7. The van der Waals surface area contributed by atoms with Gasteiger partial charge in [0.2, 0.25) is 0 Å². The molecular weight excluding hydrogens is 419 g/mol. The number of rotatable bonds is 15. The molecule has 0 unspecified atom stereocenters. The first-order valence-corrected chi connectivity index (χ1v) is 15.0. The van der Waals surface area contributed by atoms with Crippen molar-refractivity contribution in [1.82, 2.24) is 0 Å². The first-order valence-electron chi connectivity index (χ1n) is 13.0. The van der Waals surface area contributed by atoms with Crippen molar-refractivity contribution in [2.75, 3.05) is 12.8 Å². The molecule has 0 bridgehead atoms. The molecule has 0 aliphatic carbocycles. The molecule has 3 aromatic rings. The van der Waals surface area contributed by atoms with Crippen molar-refractivity contribution in [3.63, 3.8) is 0 Å². The van der Waals surface area contributed by atoms with Crippen molar-refractivity contribution in [3.8, 4) is 5.75 Å². The number of hydrogen-bond donors (Lipinski definition) is 0. The quantitative estimate of drug-likeness (QED) is 0.165. The van der Waals surface area contributed by atoms with Crippen LogP contribution in [0.5, 0.6) is 5.75 Å². The van der Waals surface area contributed by atoms with E-state index in [4.69, 9.17) is 4.74 Å². The van der Waals surface area contributed by atoms with Crippen molar-refractivity contribution < 1.29 is 4.74 Å². The molecule has 0 saturated carbocycles. The molecule has 176 valence electrons. The maximum atomic E-state index is 6.48. The van der Waals surface area contributed by atoms with E-state index in [-0.39, 0.29) is 0 Å². The Balaban J connectivity index is 2.03. The van der Waals surface area contributed by atoms with Gasteiger partial charge in [0.1, 0.15) is 23.2 Å². The number of hydrogen-bond acceptors (Lipinski definition) is 1. The summed E-state index contributed by atoms with van der Waals surface area (Å²) in [7, 11) is -1.83. The zero-order valence-corrected chi connectivity index (χ0v) is 21.6. The van der Waals surface area contributed by atoms with Gasteiger partial charge in [-0.05, 0) is 55.7 Å². The second kappa shape index (κ2) is 14.2. The second-order valence-corrected chi connectivity index (χ2v) is 12.6. The predicted octanol–water partition coefficient (Wildman–Crippen LogP) is 7.91. The van der Waals surface area contributed by atoms with Gasteiger partial charge in [0, 0.05) is 0 Å². The van der Waals surface area contributed by atoms with Crippen LogP contribution in [0.15, 0.2) is 84.9 Å². The lowest BCUT2D eigenvalue weighted by atomic mass is 10.1. The van der Waals surface area contributed by atoms with Gasteiger partial charge in [-0.25, -0.2) is 0 Å². The summed E-state index contributed by atoms with van der Waals surface area (Å²) >= 11 is 0. The zero-order valence-electron chi connectivity index (χ0n) is 20.7. The standard InChI is InChI=1S/C31H42OP/c1-3-5-7-8-9-19-27-33(28-20-12-10-13-21-28,29-22-14-11-15-23-29)31-25-17-16-24-30(31)32-26-18-6-4-2/h10-17,20-25H,3-9,18-19,26-27H2,1-2H3/q+1. The summed E-state index contributed by atoms with van der Waals surface area (Å²) in [5.74, 6) is 1.08. The predicted molar refractivity (Wildman–Crippen MR) is 148 cm³/mol. The smallest absolute Gasteiger partial charge is 0.162 e. The first-order chi connectivity index (χ1) is 16.3. The largest absolute Gasteiger partial charge is 0.489 e. The van der Waals surface area contributed by atoms with E-state index in [9.17, 15) is 0 Å². The van der Waals surface area contributed by atoms with Crippen molar-refractivity contribution in [2.24, 2.45) is 0 Å². The van der Waals surface area contributed by atoms with Crippen LogP contribution >= 0.6 is 7.26 Å². The molecule has 33 heavy (non-hydrogen) atoms. The van der Waals surface area contributed by atoms with Gasteiger partial charge in [-0.2, -0.15) is 0 Å². The Morgan fingerprint density at radius 3 is 1.70 bits per heavy atom. The van der Waals surface area contributed by atoms with Crippen LogP contribution in [-0.2, 0) is 0 Å². The van der Waals surface area contributed by atoms with Crippen molar-refractivity contribution in [1.29, 1.82) is 0 Å². The van der Waals surface area contributed by atoms with Crippen molar-refractivity contribution in [2.45, 2.75) is 71.6 Å². The summed E-state index contributed by atoms with van der Waals surface area (Å²) in [4.78, 5) is 0. The number of para-hydroxylation sites is 1. The minimum atomic E-state index is -1.83. The van der Waals surface area contributed by atoms with Gasteiger partial charge in [-0.3, -0.25) is 0 Å². The van der Waals surface area contributed by atoms with Crippen LogP contribution in [0.2, 0.25) is 0 Å². The average Bonchev–Trinajstić information content (AvgIpc) is 2.88. The summed E-state index contributed by atoms with van der Waals surface area (Å²) in [6.07, 6.45) is 12.7. The van der Waals surface area contributed by atoms with Crippen LogP contribution < -0.4 is 20.7 Å². The fourth-order valence-corrected chi connectivity index (χ4v) is 9.26. The van der Waals surface area contributed by atoms with Crippen LogP contribution in [0.4, 0.5) is 0 Å². The molecule has 0 amide bonds. The molecule has 0 N–H and O–H groups in total. The normalized spacial score (nSPS) is 11.5. The van der Waals surface area contributed by atoms with Gasteiger partial charge in [0.25, 0.3) is 0 Å². The third-order valence-corrected chi connectivity index (χ3v) is 11.1. The molecule has 0 atom stereocenters. The molecule has 0 heterocycles. The van der Waals surface area contributed by atoms with Crippen LogP contribution in [0.25, 0.3) is 0 Å². The Bertz CT molecular complexity index is 867. The van der Waals surface area contributed by atoms with Gasteiger partial charge in [0.05, 0.1) is 12.8 Å². The van der Waals surface area contributed by atoms with Crippen LogP contribution in [0.1, 0.15) is 71.6 Å². The van der Waals surface area contributed by atoms with Crippen molar-refractivity contribution >= 4 is 23.2 Å². The van der Waals surface area contributed by atoms with E-state index in [2.05, 4.69) is 98.8 Å². The molecular formula is C31H42OP+. The summed E-state index contributed by atoms with van der Waals surface area (Å²) in [5.41, 5.74) is 0. The maximum Gasteiger partial charge on any atom is 0.162 e. The molecule has 2 heteroatoms. The van der Waals surface area contributed by atoms with Crippen LogP contribution in [0.3, 0.4) is 0 Å². The molecule has 0 spiro atoms. The van der Waals surface area contributed by atoms with E-state index in [0.717, 1.165) is 18.8 Å². The summed E-state index contributed by atoms with van der Waals surface area (Å²) in [6.45, 7) is 5.33. The zero-order chi connectivity index (χ0) is 23.2. The molecule has 3 rings (SSSR count). The molecule has 0 radical (unpaired) electrons. The fraction of sp³-hybridized carbons (Fsp3) is 0.419. The highest BCUT2D eigenvalue weighted by atomic mass is 31.2. The van der Waals surface area contributed by atoms with E-state index in [1.807, 2.05) is 0 Å². The highest BCUT2D eigenvalue weighted by molar-refractivity contribution is 7.95. The van der Waals surface area contributed by atoms with Crippen molar-refractivity contribution in [3.05, 3.63) is 84.9 Å². The summed E-state index contributed by atoms with van der Waals surface area (Å²) in [6, 6.07) is 31.4. The highest BCUT2D eigenvalue weighted by Crippen LogP contribution is 2.57. The van der Waals surface area contributed by atoms with Crippen LogP contribution in [0, 0.1) is 0 Å². The third-order valence-electron chi connectivity index (χ3n) is 6.52. The van der Waals surface area contributed by atoms with Gasteiger partial charge < -0.3 is 4.74 Å². The molecule has 3 aromatic carbocycles. The Hall–Kier alpha value is -2.11. The lowest BCUT2D eigenvalue weighted by Crippen LogP contribution is -2.34. The first kappa shape index (κ1) is 25.5. The van der Waals surface area contributed by atoms with Crippen LogP contribution in [-0.4, -0.2) is 12.8 Å². The van der Waals surface area contributed by atoms with E-state index < -0.39 is 7.26 Å². The lowest BCUT2D eigenvalue weighted by Gasteiger charge is -2.29. The van der Waals surface area contributed by atoms with Gasteiger partial charge in [0.15, 0.2) is 5.75 Å². The Kier molecular flexibility index (Phi) is 11.0. The summed E-state index contributed by atoms with van der Waals surface area (Å²) < 4.78 is 6.48. The SMILES string of the molecule is CCCCCCCC[P+](c1ccccc1)(c1ccccc1)c1ccccc1OCCCCC. The minimum absolute atomic E-state index is 0.797. The molecule has 0 aliphatic rings. The second-order valence-electron chi connectivity index (χ2n) is 9.00. The monoisotopic (exact) mass is 461 g/mol. The van der Waals surface area contributed by atoms with Gasteiger partial charge in [-0.1, -0.05) is 101 Å². The maximum absolute atomic E-state index is 6.48. The molecule has 0 aliphatic heterocycles. The summed E-state index contributed by atoms with van der Waals surface area (Å²) in [5, 5.41) is 4.34. The molecule has 0 fully saturated rings. The average molecular weight is 462 g/mol. The van der Waals surface area contributed by atoms with E-state index >= 15 is 0 Å². The number of ether oxygens (including phenoxy) is 1. The van der Waals surface area contributed by atoms with E-state index in [1.54, 1.807) is 0 Å². The minimum Gasteiger partial charge on any atom is -0.489 e. The molecule has 0 aromatic heterocycles. The van der Waals surface area contributed by atoms with E-state index in [0.29, 0.717) is 0 Å². The van der Waals surface area contributed by atoms with Gasteiger partial charge >= 0.3 is 0 Å². The Labute approximate surface area is 202 Å². The highest BCUT2D eigenvalue weighted by Gasteiger charge is 2.46. The lowest BCUT2D eigenvalue weighted by molar-refractivity contribution is 0.308. The Morgan fingerprint density at radius 1 is 0.545 bits per heavy atom. The Morgan fingerprint density at radius 2 is 1.06 bits per heavy atom. The topological polar surface area (TPSA) is 9.23 Å². The molecule has 1 nitrogen and oxygen atoms in total. The third kappa shape index (κ3) is 6.94. The van der Waals surface area contributed by atoms with Gasteiger partial charge in [-0.15, -0.1) is 0 Å². The van der Waals surface area contributed by atoms with E-state index in [1.165, 1.54) is 73.4 Å². The fourth-order valence-electron chi connectivity index (χ4n) is 4.73.